The predicted molar refractivity (Wildman–Crippen MR) is 96.8 cm³/mol. The molecular formula is C20H24N2O4. The van der Waals surface area contributed by atoms with Crippen molar-refractivity contribution < 1.29 is 19.0 Å². The van der Waals surface area contributed by atoms with Crippen LogP contribution in [0.1, 0.15) is 45.1 Å². The number of carbonyl (C=O) groups excluding carboxylic acids is 1. The number of carbonyl (C=O) groups is 1. The van der Waals surface area contributed by atoms with Gasteiger partial charge in [0.25, 0.3) is 0 Å². The molecule has 0 bridgehead atoms. The van der Waals surface area contributed by atoms with Crippen molar-refractivity contribution in [1.29, 1.82) is 5.26 Å². The van der Waals surface area contributed by atoms with Crippen molar-refractivity contribution in [3.63, 3.8) is 0 Å². The van der Waals surface area contributed by atoms with E-state index < -0.39 is 11.9 Å². The topological polar surface area (TPSA) is 94.6 Å². The maximum Gasteiger partial charge on any atom is 0.338 e. The molecule has 1 heterocycles. The monoisotopic (exact) mass is 356 g/mol. The lowest BCUT2D eigenvalue weighted by Crippen LogP contribution is -2.25. The molecule has 0 fully saturated rings. The van der Waals surface area contributed by atoms with Crippen LogP contribution in [0.15, 0.2) is 47.1 Å². The zero-order chi connectivity index (χ0) is 19.1. The Morgan fingerprint density at radius 1 is 1.31 bits per heavy atom. The summed E-state index contributed by atoms with van der Waals surface area (Å²) >= 11 is 0. The third kappa shape index (κ3) is 4.17. The van der Waals surface area contributed by atoms with Gasteiger partial charge in [-0.25, -0.2) is 4.79 Å². The Hall–Kier alpha value is -2.94. The number of esters is 1. The summed E-state index contributed by atoms with van der Waals surface area (Å²) in [4.78, 5) is 12.4. The minimum atomic E-state index is -0.627. The average molecular weight is 356 g/mol. The molecule has 2 N–H and O–H groups in total. The molecule has 1 aromatic carbocycles. The van der Waals surface area contributed by atoms with Gasteiger partial charge in [0.1, 0.15) is 23.2 Å². The van der Waals surface area contributed by atoms with Gasteiger partial charge in [-0.1, -0.05) is 25.5 Å². The summed E-state index contributed by atoms with van der Waals surface area (Å²) in [5.41, 5.74) is 7.11. The molecular weight excluding hydrogens is 332 g/mol. The van der Waals surface area contributed by atoms with Gasteiger partial charge >= 0.3 is 5.97 Å². The molecule has 0 radical (unpaired) electrons. The fourth-order valence-electron chi connectivity index (χ4n) is 2.78. The number of nitrogens with two attached hydrogens (primary N) is 1. The van der Waals surface area contributed by atoms with Gasteiger partial charge in [-0.05, 0) is 38.0 Å². The summed E-state index contributed by atoms with van der Waals surface area (Å²) in [5, 5.41) is 9.54. The Labute approximate surface area is 153 Å². The number of ether oxygens (including phenoxy) is 3. The minimum Gasteiger partial charge on any atom is -0.494 e. The number of rotatable bonds is 7. The van der Waals surface area contributed by atoms with Crippen molar-refractivity contribution in [3.05, 3.63) is 52.6 Å². The van der Waals surface area contributed by atoms with Crippen molar-refractivity contribution in [2.75, 3.05) is 13.2 Å². The van der Waals surface area contributed by atoms with E-state index in [1.165, 1.54) is 0 Å². The maximum atomic E-state index is 12.4. The van der Waals surface area contributed by atoms with E-state index in [0.717, 1.165) is 24.2 Å². The van der Waals surface area contributed by atoms with Crippen LogP contribution in [0.2, 0.25) is 0 Å². The second-order valence-electron chi connectivity index (χ2n) is 5.89. The maximum absolute atomic E-state index is 12.4. The van der Waals surface area contributed by atoms with Gasteiger partial charge in [0.2, 0.25) is 5.88 Å². The molecule has 0 saturated heterocycles. The summed E-state index contributed by atoms with van der Waals surface area (Å²) in [7, 11) is 0. The van der Waals surface area contributed by atoms with E-state index in [0.29, 0.717) is 12.4 Å². The van der Waals surface area contributed by atoms with Crippen LogP contribution >= 0.6 is 0 Å². The van der Waals surface area contributed by atoms with E-state index in [-0.39, 0.29) is 23.6 Å². The summed E-state index contributed by atoms with van der Waals surface area (Å²) in [6, 6.07) is 9.36. The van der Waals surface area contributed by atoms with Crippen molar-refractivity contribution in [2.45, 2.75) is 39.5 Å². The number of nitriles is 1. The number of hydrogen-bond acceptors (Lipinski definition) is 6. The Morgan fingerprint density at radius 3 is 2.58 bits per heavy atom. The zero-order valence-corrected chi connectivity index (χ0v) is 15.4. The number of unbranched alkanes of at least 4 members (excludes halogenated alkanes) is 1. The first kappa shape index (κ1) is 19.4. The smallest absolute Gasteiger partial charge is 0.338 e. The molecule has 0 aromatic heterocycles. The number of benzene rings is 1. The molecule has 1 aliphatic heterocycles. The van der Waals surface area contributed by atoms with E-state index in [1.54, 1.807) is 13.8 Å². The molecule has 6 nitrogen and oxygen atoms in total. The van der Waals surface area contributed by atoms with Crippen molar-refractivity contribution >= 4 is 5.97 Å². The Balaban J connectivity index is 2.38. The predicted octanol–water partition coefficient (Wildman–Crippen LogP) is 3.51. The highest BCUT2D eigenvalue weighted by atomic mass is 16.5. The standard InChI is InChI=1S/C20H24N2O4/c1-4-6-11-25-15-9-7-14(8-10-15)18-16(12-21)19(22)26-13(3)17(18)20(23)24-5-2/h7-10,18H,4-6,11,22H2,1-3H3/t18-/m1/s1. The van der Waals surface area contributed by atoms with Crippen LogP contribution in [0, 0.1) is 11.3 Å². The lowest BCUT2D eigenvalue weighted by Gasteiger charge is -2.26. The largest absolute Gasteiger partial charge is 0.494 e. The number of nitrogens with zero attached hydrogens (tertiary/aromatic N) is 1. The van der Waals surface area contributed by atoms with Gasteiger partial charge in [0, 0.05) is 0 Å². The van der Waals surface area contributed by atoms with Crippen LogP contribution in [0.4, 0.5) is 0 Å². The molecule has 0 saturated carbocycles. The van der Waals surface area contributed by atoms with Gasteiger partial charge in [-0.15, -0.1) is 0 Å². The molecule has 6 heteroatoms. The first-order chi connectivity index (χ1) is 12.5. The van der Waals surface area contributed by atoms with Crippen LogP contribution in [0.3, 0.4) is 0 Å². The third-order valence-electron chi connectivity index (χ3n) is 4.08. The first-order valence-corrected chi connectivity index (χ1v) is 8.71. The van der Waals surface area contributed by atoms with Crippen LogP contribution < -0.4 is 10.5 Å². The van der Waals surface area contributed by atoms with Gasteiger partial charge in [-0.2, -0.15) is 5.26 Å². The summed E-state index contributed by atoms with van der Waals surface area (Å²) in [6.07, 6.45) is 2.04. The average Bonchev–Trinajstić information content (AvgIpc) is 2.62. The molecule has 0 spiro atoms. The summed E-state index contributed by atoms with van der Waals surface area (Å²) in [6.45, 7) is 6.35. The van der Waals surface area contributed by atoms with E-state index in [9.17, 15) is 10.1 Å². The lowest BCUT2D eigenvalue weighted by molar-refractivity contribution is -0.139. The summed E-state index contributed by atoms with van der Waals surface area (Å²) < 4.78 is 16.2. The molecule has 0 aliphatic carbocycles. The van der Waals surface area contributed by atoms with Crippen molar-refractivity contribution in [3.8, 4) is 11.8 Å². The highest BCUT2D eigenvalue weighted by Gasteiger charge is 2.36. The third-order valence-corrected chi connectivity index (χ3v) is 4.08. The van der Waals surface area contributed by atoms with Crippen LogP contribution in [-0.2, 0) is 14.3 Å². The zero-order valence-electron chi connectivity index (χ0n) is 15.4. The van der Waals surface area contributed by atoms with Crippen molar-refractivity contribution in [1.82, 2.24) is 0 Å². The second-order valence-corrected chi connectivity index (χ2v) is 5.89. The lowest BCUT2D eigenvalue weighted by atomic mass is 9.83. The van der Waals surface area contributed by atoms with Crippen LogP contribution in [0.5, 0.6) is 5.75 Å². The Bertz CT molecular complexity index is 757. The molecule has 0 amide bonds. The quantitative estimate of drug-likeness (QED) is 0.593. The molecule has 1 aromatic rings. The van der Waals surface area contributed by atoms with Crippen LogP contribution in [-0.4, -0.2) is 19.2 Å². The van der Waals surface area contributed by atoms with E-state index >= 15 is 0 Å². The van der Waals surface area contributed by atoms with Gasteiger partial charge < -0.3 is 19.9 Å². The molecule has 1 atom stereocenters. The minimum absolute atomic E-state index is 0.00585. The normalized spacial score (nSPS) is 16.8. The molecule has 138 valence electrons. The molecule has 0 unspecified atom stereocenters. The van der Waals surface area contributed by atoms with Crippen molar-refractivity contribution in [2.24, 2.45) is 5.73 Å². The highest BCUT2D eigenvalue weighted by molar-refractivity contribution is 5.92. The molecule has 1 aliphatic rings. The van der Waals surface area contributed by atoms with Gasteiger partial charge in [-0.3, -0.25) is 0 Å². The fourth-order valence-corrected chi connectivity index (χ4v) is 2.78. The first-order valence-electron chi connectivity index (χ1n) is 8.71. The highest BCUT2D eigenvalue weighted by Crippen LogP contribution is 2.39. The van der Waals surface area contributed by atoms with Gasteiger partial charge in [0.15, 0.2) is 0 Å². The van der Waals surface area contributed by atoms with E-state index in [2.05, 4.69) is 13.0 Å². The molecule has 26 heavy (non-hydrogen) atoms. The van der Waals surface area contributed by atoms with Gasteiger partial charge in [0.05, 0.1) is 24.7 Å². The molecule has 2 rings (SSSR count). The van der Waals surface area contributed by atoms with E-state index in [1.807, 2.05) is 24.3 Å². The number of allylic oxidation sites excluding steroid dienone is 2. The Morgan fingerprint density at radius 2 is 2.00 bits per heavy atom. The van der Waals surface area contributed by atoms with Crippen LogP contribution in [0.25, 0.3) is 0 Å². The van der Waals surface area contributed by atoms with E-state index in [4.69, 9.17) is 19.9 Å². The fraction of sp³-hybridized carbons (Fsp3) is 0.400. The summed E-state index contributed by atoms with van der Waals surface area (Å²) in [5.74, 6) is -0.0568. The number of hydrogen-bond donors (Lipinski definition) is 1. The second kappa shape index (κ2) is 8.95. The SMILES string of the molecule is CCCCOc1ccc([C@@H]2C(C#N)=C(N)OC(C)=C2C(=O)OCC)cc1. The Kier molecular flexibility index (Phi) is 6.67.